The summed E-state index contributed by atoms with van der Waals surface area (Å²) in [6.45, 7) is 3.60. The fraction of sp³-hybridized carbons (Fsp3) is 0.611. The molecule has 0 spiro atoms. The maximum absolute atomic E-state index is 12.4. The Labute approximate surface area is 153 Å². The Morgan fingerprint density at radius 3 is 2.75 bits per heavy atom. The maximum Gasteiger partial charge on any atom is 0.222 e. The zero-order valence-corrected chi connectivity index (χ0v) is 15.3. The van der Waals surface area contributed by atoms with Gasteiger partial charge in [0.25, 0.3) is 0 Å². The molecule has 2 aliphatic rings. The molecule has 2 aliphatic heterocycles. The number of carbonyl (C=O) groups excluding carboxylic acids is 1. The van der Waals surface area contributed by atoms with Gasteiger partial charge in [-0.3, -0.25) is 4.79 Å². The van der Waals surface area contributed by atoms with E-state index in [1.54, 1.807) is 12.1 Å². The smallest absolute Gasteiger partial charge is 0.222 e. The Hall–Kier alpha value is -0.970. The van der Waals surface area contributed by atoms with E-state index < -0.39 is 0 Å². The van der Waals surface area contributed by atoms with Crippen LogP contribution in [-0.2, 0) is 4.79 Å². The SMILES string of the molecule is O=C(CCC1CCNCC1)N1CCC(Oc2ccc(Cl)c(Cl)c2)C1. The molecule has 1 aromatic rings. The van der Waals surface area contributed by atoms with Crippen LogP contribution >= 0.6 is 23.2 Å². The van der Waals surface area contributed by atoms with Gasteiger partial charge in [0, 0.05) is 25.5 Å². The van der Waals surface area contributed by atoms with E-state index in [0.29, 0.717) is 34.7 Å². The molecule has 2 heterocycles. The molecule has 3 rings (SSSR count). The van der Waals surface area contributed by atoms with Crippen LogP contribution in [0.15, 0.2) is 18.2 Å². The minimum atomic E-state index is 0.0325. The number of likely N-dealkylation sites (tertiary alicyclic amines) is 1. The lowest BCUT2D eigenvalue weighted by atomic mass is 9.93. The van der Waals surface area contributed by atoms with Crippen molar-refractivity contribution in [3.8, 4) is 5.75 Å². The first-order chi connectivity index (χ1) is 11.6. The van der Waals surface area contributed by atoms with E-state index in [1.807, 2.05) is 11.0 Å². The molecule has 24 heavy (non-hydrogen) atoms. The summed E-state index contributed by atoms with van der Waals surface area (Å²) >= 11 is 11.9. The first kappa shape index (κ1) is 17.8. The molecule has 132 valence electrons. The molecule has 1 unspecified atom stereocenters. The number of piperidine rings is 1. The molecular formula is C18H24Cl2N2O2. The van der Waals surface area contributed by atoms with Crippen molar-refractivity contribution in [1.29, 1.82) is 0 Å². The van der Waals surface area contributed by atoms with Gasteiger partial charge >= 0.3 is 0 Å². The largest absolute Gasteiger partial charge is 0.488 e. The second-order valence-corrected chi connectivity index (χ2v) is 7.49. The predicted molar refractivity (Wildman–Crippen MR) is 96.9 cm³/mol. The summed E-state index contributed by atoms with van der Waals surface area (Å²) in [6.07, 6.45) is 4.94. The van der Waals surface area contributed by atoms with Crippen LogP contribution in [0.4, 0.5) is 0 Å². The zero-order valence-electron chi connectivity index (χ0n) is 13.8. The molecule has 0 radical (unpaired) electrons. The normalized spacial score (nSPS) is 21.9. The highest BCUT2D eigenvalue weighted by Crippen LogP contribution is 2.28. The molecular weight excluding hydrogens is 347 g/mol. The quantitative estimate of drug-likeness (QED) is 0.857. The van der Waals surface area contributed by atoms with Crippen molar-refractivity contribution < 1.29 is 9.53 Å². The summed E-state index contributed by atoms with van der Waals surface area (Å²) in [7, 11) is 0. The Morgan fingerprint density at radius 1 is 1.21 bits per heavy atom. The standard InChI is InChI=1S/C18H24Cl2N2O2/c19-16-3-2-14(11-17(16)20)24-15-7-10-22(12-15)18(23)4-1-13-5-8-21-9-6-13/h2-3,11,13,15,21H,1,4-10,12H2. The number of hydrogen-bond donors (Lipinski definition) is 1. The van der Waals surface area contributed by atoms with Crippen LogP contribution in [0.2, 0.25) is 10.0 Å². The molecule has 2 fully saturated rings. The average Bonchev–Trinajstić information content (AvgIpc) is 3.05. The van der Waals surface area contributed by atoms with E-state index in [4.69, 9.17) is 27.9 Å². The Morgan fingerprint density at radius 2 is 2.00 bits per heavy atom. The van der Waals surface area contributed by atoms with E-state index in [-0.39, 0.29) is 12.0 Å². The van der Waals surface area contributed by atoms with Gasteiger partial charge < -0.3 is 15.0 Å². The van der Waals surface area contributed by atoms with Gasteiger partial charge in [0.05, 0.1) is 16.6 Å². The molecule has 2 saturated heterocycles. The van der Waals surface area contributed by atoms with Gasteiger partial charge in [-0.05, 0) is 50.4 Å². The van der Waals surface area contributed by atoms with Gasteiger partial charge in [-0.25, -0.2) is 0 Å². The van der Waals surface area contributed by atoms with Crippen molar-refractivity contribution in [3.05, 3.63) is 28.2 Å². The maximum atomic E-state index is 12.4. The lowest BCUT2D eigenvalue weighted by Crippen LogP contribution is -2.32. The van der Waals surface area contributed by atoms with E-state index in [2.05, 4.69) is 5.32 Å². The van der Waals surface area contributed by atoms with Gasteiger partial charge in [-0.2, -0.15) is 0 Å². The summed E-state index contributed by atoms with van der Waals surface area (Å²) in [5.74, 6) is 1.66. The summed E-state index contributed by atoms with van der Waals surface area (Å²) < 4.78 is 5.94. The third kappa shape index (κ3) is 4.78. The van der Waals surface area contributed by atoms with Crippen molar-refractivity contribution in [3.63, 3.8) is 0 Å². The topological polar surface area (TPSA) is 41.6 Å². The number of nitrogens with zero attached hydrogens (tertiary/aromatic N) is 1. The van der Waals surface area contributed by atoms with Gasteiger partial charge in [-0.1, -0.05) is 23.2 Å². The number of hydrogen-bond acceptors (Lipinski definition) is 3. The minimum Gasteiger partial charge on any atom is -0.488 e. The summed E-state index contributed by atoms with van der Waals surface area (Å²) in [6, 6.07) is 5.28. The van der Waals surface area contributed by atoms with Crippen molar-refractivity contribution in [2.75, 3.05) is 26.2 Å². The molecule has 6 heteroatoms. The average molecular weight is 371 g/mol. The number of benzene rings is 1. The lowest BCUT2D eigenvalue weighted by Gasteiger charge is -2.23. The number of nitrogens with one attached hydrogen (secondary N) is 1. The highest BCUT2D eigenvalue weighted by atomic mass is 35.5. The van der Waals surface area contributed by atoms with E-state index >= 15 is 0 Å². The second-order valence-electron chi connectivity index (χ2n) is 6.68. The third-order valence-corrected chi connectivity index (χ3v) is 5.66. The number of halogens is 2. The van der Waals surface area contributed by atoms with Crippen molar-refractivity contribution in [2.45, 2.75) is 38.2 Å². The molecule has 1 amide bonds. The van der Waals surface area contributed by atoms with Crippen LogP contribution in [0.25, 0.3) is 0 Å². The predicted octanol–water partition coefficient (Wildman–Crippen LogP) is 3.75. The number of carbonyl (C=O) groups is 1. The van der Waals surface area contributed by atoms with Gasteiger partial charge in [0.15, 0.2) is 0 Å². The van der Waals surface area contributed by atoms with E-state index in [1.165, 1.54) is 12.8 Å². The van der Waals surface area contributed by atoms with Gasteiger partial charge in [0.1, 0.15) is 11.9 Å². The monoisotopic (exact) mass is 370 g/mol. The van der Waals surface area contributed by atoms with Crippen LogP contribution in [0.3, 0.4) is 0 Å². The van der Waals surface area contributed by atoms with Crippen LogP contribution in [0.5, 0.6) is 5.75 Å². The van der Waals surface area contributed by atoms with Crippen LogP contribution in [0, 0.1) is 5.92 Å². The Bertz CT molecular complexity index is 576. The second kappa shape index (κ2) is 8.41. The van der Waals surface area contributed by atoms with Gasteiger partial charge in [-0.15, -0.1) is 0 Å². The highest BCUT2D eigenvalue weighted by Gasteiger charge is 2.28. The number of rotatable bonds is 5. The number of ether oxygens (including phenoxy) is 1. The van der Waals surface area contributed by atoms with Gasteiger partial charge in [0.2, 0.25) is 5.91 Å². The summed E-state index contributed by atoms with van der Waals surface area (Å²) in [5.41, 5.74) is 0. The molecule has 1 aromatic carbocycles. The minimum absolute atomic E-state index is 0.0325. The van der Waals surface area contributed by atoms with Crippen molar-refractivity contribution in [2.24, 2.45) is 5.92 Å². The molecule has 1 N–H and O–H groups in total. The first-order valence-electron chi connectivity index (χ1n) is 8.72. The fourth-order valence-corrected chi connectivity index (χ4v) is 3.74. The van der Waals surface area contributed by atoms with Crippen molar-refractivity contribution in [1.82, 2.24) is 10.2 Å². The molecule has 1 atom stereocenters. The summed E-state index contributed by atoms with van der Waals surface area (Å²) in [5, 5.41) is 4.37. The molecule has 0 bridgehead atoms. The first-order valence-corrected chi connectivity index (χ1v) is 9.47. The molecule has 0 aliphatic carbocycles. The third-order valence-electron chi connectivity index (χ3n) is 4.92. The van der Waals surface area contributed by atoms with Crippen LogP contribution in [-0.4, -0.2) is 43.1 Å². The van der Waals surface area contributed by atoms with E-state index in [9.17, 15) is 4.79 Å². The van der Waals surface area contributed by atoms with Crippen molar-refractivity contribution >= 4 is 29.1 Å². The summed E-state index contributed by atoms with van der Waals surface area (Å²) in [4.78, 5) is 14.3. The number of amides is 1. The Kier molecular flexibility index (Phi) is 6.25. The van der Waals surface area contributed by atoms with E-state index in [0.717, 1.165) is 32.5 Å². The zero-order chi connectivity index (χ0) is 16.9. The Balaban J connectivity index is 1.44. The lowest BCUT2D eigenvalue weighted by molar-refractivity contribution is -0.130. The molecule has 0 aromatic heterocycles. The fourth-order valence-electron chi connectivity index (χ4n) is 3.45. The molecule has 4 nitrogen and oxygen atoms in total. The highest BCUT2D eigenvalue weighted by molar-refractivity contribution is 6.42. The molecule has 0 saturated carbocycles. The van der Waals surface area contributed by atoms with Crippen LogP contribution < -0.4 is 10.1 Å². The van der Waals surface area contributed by atoms with Crippen LogP contribution in [0.1, 0.15) is 32.1 Å².